The third-order valence-corrected chi connectivity index (χ3v) is 4.28. The summed E-state index contributed by atoms with van der Waals surface area (Å²) in [6.45, 7) is 12.2. The van der Waals surface area contributed by atoms with E-state index in [1.54, 1.807) is 0 Å². The van der Waals surface area contributed by atoms with Crippen molar-refractivity contribution >= 4 is 0 Å². The van der Waals surface area contributed by atoms with Crippen LogP contribution in [0.1, 0.15) is 46.5 Å². The van der Waals surface area contributed by atoms with Crippen molar-refractivity contribution in [3.63, 3.8) is 0 Å². The van der Waals surface area contributed by atoms with E-state index in [4.69, 9.17) is 0 Å². The molecule has 0 bridgehead atoms. The lowest BCUT2D eigenvalue weighted by molar-refractivity contribution is 0.138. The molecule has 1 saturated carbocycles. The Labute approximate surface area is 101 Å². The van der Waals surface area contributed by atoms with Gasteiger partial charge in [-0.15, -0.1) is 0 Å². The fourth-order valence-corrected chi connectivity index (χ4v) is 3.03. The van der Waals surface area contributed by atoms with Crippen molar-refractivity contribution in [1.29, 1.82) is 0 Å². The van der Waals surface area contributed by atoms with Crippen LogP contribution in [0, 0.1) is 11.3 Å². The van der Waals surface area contributed by atoms with Crippen LogP contribution in [0.2, 0.25) is 0 Å². The Morgan fingerprint density at radius 2 is 2.12 bits per heavy atom. The van der Waals surface area contributed by atoms with Gasteiger partial charge in [0, 0.05) is 25.7 Å². The van der Waals surface area contributed by atoms with Crippen LogP contribution in [-0.2, 0) is 0 Å². The second-order valence-electron chi connectivity index (χ2n) is 6.33. The number of rotatable bonds is 6. The molecule has 2 aliphatic rings. The van der Waals surface area contributed by atoms with Crippen molar-refractivity contribution in [1.82, 2.24) is 10.2 Å². The zero-order valence-corrected chi connectivity index (χ0v) is 11.3. The summed E-state index contributed by atoms with van der Waals surface area (Å²) in [6, 6.07) is 0.923. The molecule has 1 aliphatic heterocycles. The van der Waals surface area contributed by atoms with Gasteiger partial charge >= 0.3 is 0 Å². The lowest BCUT2D eigenvalue weighted by atomic mass is 9.83. The zero-order valence-electron chi connectivity index (χ0n) is 11.3. The summed E-state index contributed by atoms with van der Waals surface area (Å²) in [4.78, 5) is 2.78. The molecule has 94 valence electrons. The molecule has 2 nitrogen and oxygen atoms in total. The SMILES string of the molecule is CCC1(CN(CC(C)C)C2CC2)CCNC1. The standard InChI is InChI=1S/C14H28N2/c1-4-14(7-8-15-10-14)11-16(9-12(2)3)13-5-6-13/h12-13,15H,4-11H2,1-3H3. The van der Waals surface area contributed by atoms with Gasteiger partial charge in [-0.1, -0.05) is 20.8 Å². The van der Waals surface area contributed by atoms with E-state index in [2.05, 4.69) is 31.0 Å². The van der Waals surface area contributed by atoms with E-state index >= 15 is 0 Å². The predicted molar refractivity (Wildman–Crippen MR) is 69.6 cm³/mol. The summed E-state index contributed by atoms with van der Waals surface area (Å²) in [7, 11) is 0. The van der Waals surface area contributed by atoms with Crippen LogP contribution in [0.15, 0.2) is 0 Å². The highest BCUT2D eigenvalue weighted by atomic mass is 15.2. The maximum absolute atomic E-state index is 3.56. The number of hydrogen-bond acceptors (Lipinski definition) is 2. The van der Waals surface area contributed by atoms with Crippen molar-refractivity contribution in [2.24, 2.45) is 11.3 Å². The smallest absolute Gasteiger partial charge is 0.00967 e. The maximum atomic E-state index is 3.56. The molecule has 0 aromatic carbocycles. The summed E-state index contributed by atoms with van der Waals surface area (Å²) >= 11 is 0. The Balaban J connectivity index is 1.92. The molecule has 1 unspecified atom stereocenters. The molecule has 0 amide bonds. The van der Waals surface area contributed by atoms with E-state index in [-0.39, 0.29) is 0 Å². The van der Waals surface area contributed by atoms with E-state index in [0.29, 0.717) is 5.41 Å². The van der Waals surface area contributed by atoms with Gasteiger partial charge in [-0.3, -0.25) is 4.90 Å². The molecular weight excluding hydrogens is 196 g/mol. The normalized spacial score (nSPS) is 30.6. The predicted octanol–water partition coefficient (Wildman–Crippen LogP) is 2.50. The molecule has 2 fully saturated rings. The Bertz CT molecular complexity index is 215. The quantitative estimate of drug-likeness (QED) is 0.746. The van der Waals surface area contributed by atoms with Gasteiger partial charge < -0.3 is 5.32 Å². The van der Waals surface area contributed by atoms with E-state index < -0.39 is 0 Å². The van der Waals surface area contributed by atoms with Gasteiger partial charge in [-0.25, -0.2) is 0 Å². The van der Waals surface area contributed by atoms with Crippen molar-refractivity contribution < 1.29 is 0 Å². The van der Waals surface area contributed by atoms with Gasteiger partial charge in [0.25, 0.3) is 0 Å². The summed E-state index contributed by atoms with van der Waals surface area (Å²) in [6.07, 6.45) is 5.60. The monoisotopic (exact) mass is 224 g/mol. The molecule has 2 rings (SSSR count). The minimum absolute atomic E-state index is 0.581. The van der Waals surface area contributed by atoms with Crippen LogP contribution < -0.4 is 5.32 Å². The number of hydrogen-bond donors (Lipinski definition) is 1. The van der Waals surface area contributed by atoms with Gasteiger partial charge in [0.1, 0.15) is 0 Å². The number of nitrogens with one attached hydrogen (secondary N) is 1. The molecule has 0 aromatic rings. The first-order valence-corrected chi connectivity index (χ1v) is 7.10. The first kappa shape index (κ1) is 12.4. The van der Waals surface area contributed by atoms with Crippen LogP contribution in [-0.4, -0.2) is 37.1 Å². The summed E-state index contributed by atoms with van der Waals surface area (Å²) in [5.41, 5.74) is 0.581. The van der Waals surface area contributed by atoms with Crippen LogP contribution in [0.4, 0.5) is 0 Å². The van der Waals surface area contributed by atoms with Crippen LogP contribution >= 0.6 is 0 Å². The largest absolute Gasteiger partial charge is 0.316 e. The highest BCUT2D eigenvalue weighted by Gasteiger charge is 2.38. The second kappa shape index (κ2) is 5.05. The Morgan fingerprint density at radius 3 is 2.56 bits per heavy atom. The molecule has 1 heterocycles. The molecular formula is C14H28N2. The molecule has 16 heavy (non-hydrogen) atoms. The third kappa shape index (κ3) is 2.98. The van der Waals surface area contributed by atoms with Crippen LogP contribution in [0.3, 0.4) is 0 Å². The summed E-state index contributed by atoms with van der Waals surface area (Å²) < 4.78 is 0. The lowest BCUT2D eigenvalue weighted by Gasteiger charge is -2.35. The van der Waals surface area contributed by atoms with Gasteiger partial charge in [0.15, 0.2) is 0 Å². The van der Waals surface area contributed by atoms with E-state index in [1.165, 1.54) is 51.9 Å². The van der Waals surface area contributed by atoms with Gasteiger partial charge in [0.05, 0.1) is 0 Å². The summed E-state index contributed by atoms with van der Waals surface area (Å²) in [5.74, 6) is 0.809. The zero-order chi connectivity index (χ0) is 11.6. The third-order valence-electron chi connectivity index (χ3n) is 4.28. The molecule has 1 aliphatic carbocycles. The molecule has 1 saturated heterocycles. The minimum atomic E-state index is 0.581. The van der Waals surface area contributed by atoms with E-state index in [1.807, 2.05) is 0 Å². The molecule has 1 atom stereocenters. The molecule has 2 heteroatoms. The average Bonchev–Trinajstić information content (AvgIpc) is 2.99. The van der Waals surface area contributed by atoms with Crippen molar-refractivity contribution in [3.05, 3.63) is 0 Å². The molecule has 0 aromatic heterocycles. The average molecular weight is 224 g/mol. The fraction of sp³-hybridized carbons (Fsp3) is 1.00. The van der Waals surface area contributed by atoms with Gasteiger partial charge in [-0.05, 0) is 43.6 Å². The first-order chi connectivity index (χ1) is 7.65. The van der Waals surface area contributed by atoms with E-state index in [0.717, 1.165) is 12.0 Å². The molecule has 0 spiro atoms. The van der Waals surface area contributed by atoms with Gasteiger partial charge in [0.2, 0.25) is 0 Å². The maximum Gasteiger partial charge on any atom is 0.00967 e. The van der Waals surface area contributed by atoms with Crippen molar-refractivity contribution in [2.75, 3.05) is 26.2 Å². The Morgan fingerprint density at radius 1 is 1.38 bits per heavy atom. The highest BCUT2D eigenvalue weighted by Crippen LogP contribution is 2.35. The Hall–Kier alpha value is -0.0800. The Kier molecular flexibility index (Phi) is 3.91. The minimum Gasteiger partial charge on any atom is -0.316 e. The van der Waals surface area contributed by atoms with E-state index in [9.17, 15) is 0 Å². The van der Waals surface area contributed by atoms with Gasteiger partial charge in [-0.2, -0.15) is 0 Å². The molecule has 0 radical (unpaired) electrons. The summed E-state index contributed by atoms with van der Waals surface area (Å²) in [5, 5.41) is 3.56. The lowest BCUT2D eigenvalue weighted by Crippen LogP contribution is -2.41. The number of nitrogens with zero attached hydrogens (tertiary/aromatic N) is 1. The fourth-order valence-electron chi connectivity index (χ4n) is 3.03. The first-order valence-electron chi connectivity index (χ1n) is 7.10. The van der Waals surface area contributed by atoms with Crippen molar-refractivity contribution in [2.45, 2.75) is 52.5 Å². The van der Waals surface area contributed by atoms with Crippen LogP contribution in [0.25, 0.3) is 0 Å². The highest BCUT2D eigenvalue weighted by molar-refractivity contribution is 4.94. The molecule has 1 N–H and O–H groups in total. The van der Waals surface area contributed by atoms with Crippen molar-refractivity contribution in [3.8, 4) is 0 Å². The van der Waals surface area contributed by atoms with Crippen LogP contribution in [0.5, 0.6) is 0 Å². The second-order valence-corrected chi connectivity index (χ2v) is 6.33. The topological polar surface area (TPSA) is 15.3 Å².